The van der Waals surface area contributed by atoms with Crippen molar-refractivity contribution in [2.24, 2.45) is 5.84 Å². The van der Waals surface area contributed by atoms with E-state index in [-0.39, 0.29) is 5.82 Å². The number of aromatic nitrogens is 1. The van der Waals surface area contributed by atoms with E-state index >= 15 is 0 Å². The maximum Gasteiger partial charge on any atom is 0.125 e. The van der Waals surface area contributed by atoms with Crippen molar-refractivity contribution in [1.82, 2.24) is 4.98 Å². The first kappa shape index (κ1) is 9.86. The number of halogens is 1. The van der Waals surface area contributed by atoms with Crippen LogP contribution in [0.25, 0.3) is 10.9 Å². The molecule has 0 saturated heterocycles. The van der Waals surface area contributed by atoms with Crippen molar-refractivity contribution in [3.05, 3.63) is 35.3 Å². The molecule has 1 aromatic carbocycles. The van der Waals surface area contributed by atoms with Crippen LogP contribution < -0.4 is 11.3 Å². The molecule has 0 amide bonds. The van der Waals surface area contributed by atoms with Crippen LogP contribution >= 0.6 is 0 Å². The monoisotopic (exact) mass is 205 g/mol. The van der Waals surface area contributed by atoms with Crippen LogP contribution in [0.1, 0.15) is 11.3 Å². The number of aryl methyl sites for hydroxylation is 2. The lowest BCUT2D eigenvalue weighted by Crippen LogP contribution is -2.08. The van der Waals surface area contributed by atoms with Gasteiger partial charge in [-0.2, -0.15) is 0 Å². The molecule has 1 aromatic heterocycles. The third kappa shape index (κ3) is 1.64. The predicted molar refractivity (Wildman–Crippen MR) is 59.0 cm³/mol. The van der Waals surface area contributed by atoms with Gasteiger partial charge in [-0.3, -0.25) is 10.8 Å². The maximum absolute atomic E-state index is 13.2. The normalized spacial score (nSPS) is 10.7. The summed E-state index contributed by atoms with van der Waals surface area (Å²) in [5.41, 5.74) is 5.64. The third-order valence-electron chi connectivity index (χ3n) is 2.35. The Morgan fingerprint density at radius 2 is 2.00 bits per heavy atom. The predicted octanol–water partition coefficient (Wildman–Crippen LogP) is 2.28. The molecule has 0 spiro atoms. The zero-order chi connectivity index (χ0) is 11.0. The van der Waals surface area contributed by atoms with Gasteiger partial charge in [0.1, 0.15) is 5.82 Å². The van der Waals surface area contributed by atoms with E-state index in [1.807, 2.05) is 19.9 Å². The van der Waals surface area contributed by atoms with E-state index in [0.29, 0.717) is 5.52 Å². The number of hydrogen-bond donors (Lipinski definition) is 2. The molecule has 0 atom stereocenters. The molecule has 0 saturated carbocycles. The Balaban J connectivity index is 2.90. The van der Waals surface area contributed by atoms with Gasteiger partial charge in [-0.1, -0.05) is 0 Å². The minimum Gasteiger partial charge on any atom is -0.323 e. The van der Waals surface area contributed by atoms with E-state index < -0.39 is 0 Å². The average molecular weight is 205 g/mol. The van der Waals surface area contributed by atoms with Crippen molar-refractivity contribution in [3.63, 3.8) is 0 Å². The number of anilines is 1. The Bertz CT molecular complexity index is 517. The molecule has 1 heterocycles. The summed E-state index contributed by atoms with van der Waals surface area (Å²) in [6.07, 6.45) is 0. The summed E-state index contributed by atoms with van der Waals surface area (Å²) in [7, 11) is 0. The topological polar surface area (TPSA) is 50.9 Å². The highest BCUT2D eigenvalue weighted by Gasteiger charge is 2.07. The van der Waals surface area contributed by atoms with Crippen molar-refractivity contribution in [2.45, 2.75) is 13.8 Å². The fourth-order valence-electron chi connectivity index (χ4n) is 1.78. The Morgan fingerprint density at radius 3 is 2.67 bits per heavy atom. The quantitative estimate of drug-likeness (QED) is 0.554. The highest BCUT2D eigenvalue weighted by Crippen LogP contribution is 2.26. The summed E-state index contributed by atoms with van der Waals surface area (Å²) in [6.45, 7) is 3.68. The molecule has 4 heteroatoms. The van der Waals surface area contributed by atoms with Gasteiger partial charge in [-0.05, 0) is 31.5 Å². The standard InChI is InChI=1S/C11H12FN3/c1-6-3-8(12)5-9-11(6)10(15-13)4-7(2)14-9/h3-5H,13H2,1-2H3,(H,14,15). The van der Waals surface area contributed by atoms with Crippen molar-refractivity contribution >= 4 is 16.6 Å². The molecule has 3 nitrogen and oxygen atoms in total. The molecule has 15 heavy (non-hydrogen) atoms. The minimum absolute atomic E-state index is 0.277. The van der Waals surface area contributed by atoms with E-state index in [9.17, 15) is 4.39 Å². The van der Waals surface area contributed by atoms with E-state index in [4.69, 9.17) is 5.84 Å². The number of nitrogens with zero attached hydrogens (tertiary/aromatic N) is 1. The SMILES string of the molecule is Cc1cc(NN)c2c(C)cc(F)cc2n1. The molecule has 2 aromatic rings. The number of nitrogens with two attached hydrogens (primary N) is 1. The lowest BCUT2D eigenvalue weighted by Gasteiger charge is -2.09. The van der Waals surface area contributed by atoms with E-state index in [2.05, 4.69) is 10.4 Å². The first-order valence-corrected chi connectivity index (χ1v) is 4.66. The first-order chi connectivity index (χ1) is 7.11. The lowest BCUT2D eigenvalue weighted by atomic mass is 10.1. The Hall–Kier alpha value is -1.68. The molecular formula is C11H12FN3. The number of hydrogen-bond acceptors (Lipinski definition) is 3. The van der Waals surface area contributed by atoms with Crippen LogP contribution in [0, 0.1) is 19.7 Å². The molecular weight excluding hydrogens is 193 g/mol. The summed E-state index contributed by atoms with van der Waals surface area (Å²) >= 11 is 0. The van der Waals surface area contributed by atoms with Gasteiger partial charge in [-0.15, -0.1) is 0 Å². The van der Waals surface area contributed by atoms with Gasteiger partial charge in [0.05, 0.1) is 11.2 Å². The fourth-order valence-corrected chi connectivity index (χ4v) is 1.78. The van der Waals surface area contributed by atoms with Gasteiger partial charge >= 0.3 is 0 Å². The third-order valence-corrected chi connectivity index (χ3v) is 2.35. The van der Waals surface area contributed by atoms with Gasteiger partial charge in [0.2, 0.25) is 0 Å². The maximum atomic E-state index is 13.2. The highest BCUT2D eigenvalue weighted by molar-refractivity contribution is 5.94. The number of fused-ring (bicyclic) bond motifs is 1. The van der Waals surface area contributed by atoms with Crippen molar-refractivity contribution in [2.75, 3.05) is 5.43 Å². The molecule has 78 valence electrons. The molecule has 3 N–H and O–H groups in total. The summed E-state index contributed by atoms with van der Waals surface area (Å²) in [6, 6.07) is 4.73. The molecule has 0 aliphatic carbocycles. The van der Waals surface area contributed by atoms with Gasteiger partial charge < -0.3 is 5.43 Å². The zero-order valence-corrected chi connectivity index (χ0v) is 8.63. The van der Waals surface area contributed by atoms with Crippen LogP contribution in [0.3, 0.4) is 0 Å². The Labute approximate surface area is 87.1 Å². The summed E-state index contributed by atoms with van der Waals surface area (Å²) < 4.78 is 13.2. The van der Waals surface area contributed by atoms with Crippen LogP contribution in [0.2, 0.25) is 0 Å². The number of rotatable bonds is 1. The van der Waals surface area contributed by atoms with Crippen LogP contribution in [0.4, 0.5) is 10.1 Å². The largest absolute Gasteiger partial charge is 0.323 e. The number of benzene rings is 1. The van der Waals surface area contributed by atoms with Crippen LogP contribution in [0.15, 0.2) is 18.2 Å². The molecule has 0 fully saturated rings. The summed E-state index contributed by atoms with van der Waals surface area (Å²) in [4.78, 5) is 4.27. The van der Waals surface area contributed by atoms with Crippen LogP contribution in [-0.4, -0.2) is 4.98 Å². The molecule has 2 rings (SSSR count). The van der Waals surface area contributed by atoms with E-state index in [0.717, 1.165) is 22.3 Å². The molecule has 0 bridgehead atoms. The van der Waals surface area contributed by atoms with Crippen molar-refractivity contribution < 1.29 is 4.39 Å². The second-order valence-electron chi connectivity index (χ2n) is 3.57. The molecule has 0 aliphatic rings. The molecule has 0 unspecified atom stereocenters. The fraction of sp³-hybridized carbons (Fsp3) is 0.182. The summed E-state index contributed by atoms with van der Waals surface area (Å²) in [5, 5.41) is 0.865. The van der Waals surface area contributed by atoms with Gasteiger partial charge in [-0.25, -0.2) is 4.39 Å². The van der Waals surface area contributed by atoms with Crippen molar-refractivity contribution in [1.29, 1.82) is 0 Å². The second-order valence-corrected chi connectivity index (χ2v) is 3.57. The smallest absolute Gasteiger partial charge is 0.125 e. The van der Waals surface area contributed by atoms with E-state index in [1.54, 1.807) is 0 Å². The minimum atomic E-state index is -0.277. The number of hydrazine groups is 1. The Morgan fingerprint density at radius 1 is 1.27 bits per heavy atom. The number of nitrogens with one attached hydrogen (secondary N) is 1. The zero-order valence-electron chi connectivity index (χ0n) is 8.63. The highest BCUT2D eigenvalue weighted by atomic mass is 19.1. The lowest BCUT2D eigenvalue weighted by molar-refractivity contribution is 0.628. The van der Waals surface area contributed by atoms with Gasteiger partial charge in [0, 0.05) is 17.1 Å². The Kier molecular flexibility index (Phi) is 2.28. The number of pyridine rings is 1. The number of nitrogen functional groups attached to an aromatic ring is 1. The van der Waals surface area contributed by atoms with Crippen molar-refractivity contribution in [3.8, 4) is 0 Å². The van der Waals surface area contributed by atoms with Gasteiger partial charge in [0.15, 0.2) is 0 Å². The average Bonchev–Trinajstić information content (AvgIpc) is 2.14. The van der Waals surface area contributed by atoms with E-state index in [1.165, 1.54) is 12.1 Å². The van der Waals surface area contributed by atoms with Gasteiger partial charge in [0.25, 0.3) is 0 Å². The molecule has 0 radical (unpaired) electrons. The van der Waals surface area contributed by atoms with Crippen LogP contribution in [0.5, 0.6) is 0 Å². The first-order valence-electron chi connectivity index (χ1n) is 4.66. The summed E-state index contributed by atoms with van der Waals surface area (Å²) in [5.74, 6) is 5.14. The molecule has 0 aliphatic heterocycles. The second kappa shape index (κ2) is 3.47. The van der Waals surface area contributed by atoms with Crippen LogP contribution in [-0.2, 0) is 0 Å².